The number of nitrogens with zero attached hydrogens (tertiary/aromatic N) is 1. The summed E-state index contributed by atoms with van der Waals surface area (Å²) in [5.74, 6) is -1.16. The van der Waals surface area contributed by atoms with E-state index in [-0.39, 0.29) is 11.5 Å². The number of benzene rings is 2. The van der Waals surface area contributed by atoms with Crippen LogP contribution in [-0.4, -0.2) is 29.7 Å². The highest BCUT2D eigenvalue weighted by Gasteiger charge is 2.33. The Morgan fingerprint density at radius 2 is 1.74 bits per heavy atom. The minimum Gasteiger partial charge on any atom is -0.397 e. The van der Waals surface area contributed by atoms with Crippen LogP contribution in [0.2, 0.25) is 0 Å². The summed E-state index contributed by atoms with van der Waals surface area (Å²) in [5.41, 5.74) is 8.67. The fourth-order valence-electron chi connectivity index (χ4n) is 2.49. The lowest BCUT2D eigenvalue weighted by atomic mass is 10.1. The Hall–Kier alpha value is -3.15. The number of amides is 3. The van der Waals surface area contributed by atoms with E-state index < -0.39 is 11.8 Å². The van der Waals surface area contributed by atoms with Gasteiger partial charge in [-0.1, -0.05) is 6.07 Å². The Kier molecular flexibility index (Phi) is 3.37. The van der Waals surface area contributed by atoms with Crippen molar-refractivity contribution < 1.29 is 14.4 Å². The van der Waals surface area contributed by atoms with Crippen LogP contribution in [0.3, 0.4) is 0 Å². The lowest BCUT2D eigenvalue weighted by molar-refractivity contribution is 0.0693. The standard InChI is InChI=1S/C17H15N3O3/c1-9-3-6-14(13(18)7-9)19-15(21)10-4-5-11-12(8-10)17(23)20(2)16(11)22/h3-8H,18H2,1-2H3,(H,19,21). The summed E-state index contributed by atoms with van der Waals surface area (Å²) < 4.78 is 0. The maximum absolute atomic E-state index is 12.3. The third-order valence-corrected chi connectivity index (χ3v) is 3.81. The molecular weight excluding hydrogens is 294 g/mol. The average Bonchev–Trinajstić information content (AvgIpc) is 2.74. The van der Waals surface area contributed by atoms with Crippen molar-refractivity contribution in [2.75, 3.05) is 18.1 Å². The Morgan fingerprint density at radius 1 is 1.04 bits per heavy atom. The van der Waals surface area contributed by atoms with Crippen molar-refractivity contribution in [3.8, 4) is 0 Å². The summed E-state index contributed by atoms with van der Waals surface area (Å²) in [6, 6.07) is 9.76. The van der Waals surface area contributed by atoms with Crippen LogP contribution in [0.4, 0.5) is 11.4 Å². The van der Waals surface area contributed by atoms with Gasteiger partial charge in [0.1, 0.15) is 0 Å². The quantitative estimate of drug-likeness (QED) is 0.656. The molecule has 0 spiro atoms. The number of hydrogen-bond donors (Lipinski definition) is 2. The van der Waals surface area contributed by atoms with Gasteiger partial charge < -0.3 is 11.1 Å². The van der Waals surface area contributed by atoms with Gasteiger partial charge >= 0.3 is 0 Å². The van der Waals surface area contributed by atoms with Crippen molar-refractivity contribution in [1.82, 2.24) is 4.90 Å². The summed E-state index contributed by atoms with van der Waals surface area (Å²) in [4.78, 5) is 37.2. The van der Waals surface area contributed by atoms with E-state index >= 15 is 0 Å². The van der Waals surface area contributed by atoms with Crippen LogP contribution in [0.25, 0.3) is 0 Å². The summed E-state index contributed by atoms with van der Waals surface area (Å²) in [6.07, 6.45) is 0. The van der Waals surface area contributed by atoms with Crippen LogP contribution >= 0.6 is 0 Å². The first-order valence-electron chi connectivity index (χ1n) is 7.02. The zero-order chi connectivity index (χ0) is 16.7. The van der Waals surface area contributed by atoms with Gasteiger partial charge in [0, 0.05) is 12.6 Å². The molecule has 0 aromatic heterocycles. The molecule has 3 N–H and O–H groups in total. The molecule has 6 nitrogen and oxygen atoms in total. The van der Waals surface area contributed by atoms with Crippen molar-refractivity contribution >= 4 is 29.1 Å². The minimum absolute atomic E-state index is 0.238. The van der Waals surface area contributed by atoms with Gasteiger partial charge in [0.15, 0.2) is 0 Å². The number of rotatable bonds is 2. The summed E-state index contributed by atoms with van der Waals surface area (Å²) >= 11 is 0. The molecule has 0 saturated heterocycles. The molecule has 0 saturated carbocycles. The number of aryl methyl sites for hydroxylation is 1. The first-order valence-corrected chi connectivity index (χ1v) is 7.02. The largest absolute Gasteiger partial charge is 0.397 e. The Bertz CT molecular complexity index is 858. The first kappa shape index (κ1) is 14.8. The van der Waals surface area contributed by atoms with E-state index in [9.17, 15) is 14.4 Å². The summed E-state index contributed by atoms with van der Waals surface area (Å²) in [7, 11) is 1.41. The minimum atomic E-state index is -0.408. The number of anilines is 2. The molecule has 6 heteroatoms. The molecule has 1 heterocycles. The summed E-state index contributed by atoms with van der Waals surface area (Å²) in [5, 5.41) is 2.71. The number of fused-ring (bicyclic) bond motifs is 1. The smallest absolute Gasteiger partial charge is 0.261 e. The maximum atomic E-state index is 12.3. The van der Waals surface area contributed by atoms with Crippen LogP contribution in [0.15, 0.2) is 36.4 Å². The van der Waals surface area contributed by atoms with Gasteiger partial charge in [-0.05, 0) is 42.8 Å². The summed E-state index contributed by atoms with van der Waals surface area (Å²) in [6.45, 7) is 1.90. The van der Waals surface area contributed by atoms with E-state index in [1.807, 2.05) is 13.0 Å². The van der Waals surface area contributed by atoms with E-state index in [2.05, 4.69) is 5.32 Å². The van der Waals surface area contributed by atoms with E-state index in [0.717, 1.165) is 10.5 Å². The second-order valence-electron chi connectivity index (χ2n) is 5.47. The highest BCUT2D eigenvalue weighted by Crippen LogP contribution is 2.24. The van der Waals surface area contributed by atoms with Crippen molar-refractivity contribution in [1.29, 1.82) is 0 Å². The van der Waals surface area contributed by atoms with Crippen LogP contribution in [0, 0.1) is 6.92 Å². The lowest BCUT2D eigenvalue weighted by Gasteiger charge is -2.09. The SMILES string of the molecule is Cc1ccc(NC(=O)c2ccc3c(c2)C(=O)N(C)C3=O)c(N)c1. The zero-order valence-electron chi connectivity index (χ0n) is 12.7. The fourth-order valence-corrected chi connectivity index (χ4v) is 2.49. The van der Waals surface area contributed by atoms with Crippen LogP contribution in [-0.2, 0) is 0 Å². The van der Waals surface area contributed by atoms with Crippen LogP contribution in [0.1, 0.15) is 36.6 Å². The molecule has 2 aromatic carbocycles. The molecule has 1 aliphatic heterocycles. The molecule has 2 aromatic rings. The maximum Gasteiger partial charge on any atom is 0.261 e. The van der Waals surface area contributed by atoms with Gasteiger partial charge in [-0.3, -0.25) is 19.3 Å². The third kappa shape index (κ3) is 2.44. The molecule has 0 aliphatic carbocycles. The van der Waals surface area contributed by atoms with E-state index in [1.165, 1.54) is 25.2 Å². The molecule has 0 unspecified atom stereocenters. The third-order valence-electron chi connectivity index (χ3n) is 3.81. The van der Waals surface area contributed by atoms with Crippen molar-refractivity contribution in [3.05, 3.63) is 58.7 Å². The van der Waals surface area contributed by atoms with Crippen molar-refractivity contribution in [2.24, 2.45) is 0 Å². The van der Waals surface area contributed by atoms with Gasteiger partial charge in [0.05, 0.1) is 22.5 Å². The normalized spacial score (nSPS) is 13.2. The second-order valence-corrected chi connectivity index (χ2v) is 5.47. The van der Waals surface area contributed by atoms with E-state index in [1.54, 1.807) is 12.1 Å². The average molecular weight is 309 g/mol. The zero-order valence-corrected chi connectivity index (χ0v) is 12.7. The van der Waals surface area contributed by atoms with Gasteiger partial charge in [-0.15, -0.1) is 0 Å². The monoisotopic (exact) mass is 309 g/mol. The molecule has 0 fully saturated rings. The number of nitrogens with two attached hydrogens (primary N) is 1. The van der Waals surface area contributed by atoms with Crippen LogP contribution in [0.5, 0.6) is 0 Å². The number of carbonyl (C=O) groups is 3. The number of carbonyl (C=O) groups excluding carboxylic acids is 3. The lowest BCUT2D eigenvalue weighted by Crippen LogP contribution is -2.24. The van der Waals surface area contributed by atoms with Gasteiger partial charge in [-0.2, -0.15) is 0 Å². The van der Waals surface area contributed by atoms with E-state index in [0.29, 0.717) is 22.5 Å². The second kappa shape index (κ2) is 5.24. The van der Waals surface area contributed by atoms with Crippen molar-refractivity contribution in [2.45, 2.75) is 6.92 Å². The molecule has 0 bridgehead atoms. The molecule has 116 valence electrons. The van der Waals surface area contributed by atoms with Crippen LogP contribution < -0.4 is 11.1 Å². The molecular formula is C17H15N3O3. The number of nitrogens with one attached hydrogen (secondary N) is 1. The van der Waals surface area contributed by atoms with E-state index in [4.69, 9.17) is 5.73 Å². The Balaban J connectivity index is 1.90. The topological polar surface area (TPSA) is 92.5 Å². The Morgan fingerprint density at radius 3 is 2.43 bits per heavy atom. The fraction of sp³-hybridized carbons (Fsp3) is 0.118. The molecule has 1 aliphatic rings. The molecule has 3 amide bonds. The van der Waals surface area contributed by atoms with Gasteiger partial charge in [0.2, 0.25) is 0 Å². The van der Waals surface area contributed by atoms with Crippen molar-refractivity contribution in [3.63, 3.8) is 0 Å². The predicted octanol–water partition coefficient (Wildman–Crippen LogP) is 2.06. The highest BCUT2D eigenvalue weighted by atomic mass is 16.2. The van der Waals surface area contributed by atoms with Gasteiger partial charge in [-0.25, -0.2) is 0 Å². The Labute approximate surface area is 132 Å². The number of nitrogen functional groups attached to an aromatic ring is 1. The molecule has 23 heavy (non-hydrogen) atoms. The predicted molar refractivity (Wildman–Crippen MR) is 86.4 cm³/mol. The molecule has 3 rings (SSSR count). The highest BCUT2D eigenvalue weighted by molar-refractivity contribution is 6.22. The first-order chi connectivity index (χ1) is 10.9. The number of imide groups is 1. The number of hydrogen-bond acceptors (Lipinski definition) is 4. The van der Waals surface area contributed by atoms with Gasteiger partial charge in [0.25, 0.3) is 17.7 Å². The molecule has 0 atom stereocenters. The molecule has 0 radical (unpaired) electrons.